The van der Waals surface area contributed by atoms with Gasteiger partial charge in [0, 0.05) is 43.4 Å². The predicted molar refractivity (Wildman–Crippen MR) is 174 cm³/mol. The summed E-state index contributed by atoms with van der Waals surface area (Å²) in [6, 6.07) is 0.902. The van der Waals surface area contributed by atoms with Crippen molar-refractivity contribution in [2.75, 3.05) is 46.2 Å². The molecule has 0 aromatic heterocycles. The molecule has 250 valence electrons. The highest BCUT2D eigenvalue weighted by molar-refractivity contribution is 6.14. The van der Waals surface area contributed by atoms with Gasteiger partial charge in [-0.05, 0) is 70.4 Å². The van der Waals surface area contributed by atoms with Gasteiger partial charge in [0.15, 0.2) is 11.4 Å². The number of aliphatic hydroxyl groups excluding tert-OH is 3. The molecule has 11 nitrogen and oxygen atoms in total. The molecule has 3 aliphatic rings. The summed E-state index contributed by atoms with van der Waals surface area (Å²) < 4.78 is 0. The van der Waals surface area contributed by atoms with Gasteiger partial charge in [0.05, 0.1) is 17.2 Å². The minimum atomic E-state index is -2.59. The first-order valence-electron chi connectivity index (χ1n) is 16.3. The van der Waals surface area contributed by atoms with Crippen LogP contribution >= 0.6 is 0 Å². The van der Waals surface area contributed by atoms with Crippen molar-refractivity contribution in [3.63, 3.8) is 0 Å². The molecule has 0 aliphatic heterocycles. The zero-order chi connectivity index (χ0) is 33.4. The Kier molecular flexibility index (Phi) is 10.7. The van der Waals surface area contributed by atoms with Crippen LogP contribution in [0.15, 0.2) is 23.0 Å². The number of hydrogen-bond donors (Lipinski definition) is 6. The first kappa shape index (κ1) is 34.9. The summed E-state index contributed by atoms with van der Waals surface area (Å²) in [5, 5.41) is 56.8. The van der Waals surface area contributed by atoms with E-state index in [4.69, 9.17) is 5.73 Å². The molecule has 5 atom stereocenters. The van der Waals surface area contributed by atoms with Crippen LogP contribution in [0.3, 0.4) is 0 Å². The number of rotatable bonds is 13. The molecule has 0 spiro atoms. The number of phenols is 1. The van der Waals surface area contributed by atoms with E-state index in [1.165, 1.54) is 0 Å². The Balaban J connectivity index is 1.86. The van der Waals surface area contributed by atoms with Crippen LogP contribution in [0.4, 0.5) is 5.69 Å². The van der Waals surface area contributed by atoms with Crippen LogP contribution in [-0.2, 0) is 22.6 Å². The normalized spacial score (nSPS) is 25.5. The van der Waals surface area contributed by atoms with Gasteiger partial charge < -0.3 is 36.2 Å². The van der Waals surface area contributed by atoms with Crippen LogP contribution in [0.2, 0.25) is 0 Å². The molecule has 1 saturated carbocycles. The molecule has 1 aromatic rings. The second kappa shape index (κ2) is 13.8. The Hall–Kier alpha value is -2.96. The third-order valence-corrected chi connectivity index (χ3v) is 9.89. The van der Waals surface area contributed by atoms with Gasteiger partial charge in [-0.2, -0.15) is 0 Å². The number of ketones is 2. The number of carbonyl (C=O) groups is 2. The number of nitrogens with two attached hydrogens (primary N) is 1. The maximum Gasteiger partial charge on any atom is 0.202 e. The maximum absolute atomic E-state index is 14.3. The van der Waals surface area contributed by atoms with Crippen LogP contribution < -0.4 is 10.6 Å². The Morgan fingerprint density at radius 1 is 1.00 bits per heavy atom. The fourth-order valence-electron chi connectivity index (χ4n) is 7.62. The number of aliphatic hydroxyl groups is 4. The third-order valence-electron chi connectivity index (χ3n) is 9.89. The molecular formula is C34H52N4O7. The van der Waals surface area contributed by atoms with Crippen molar-refractivity contribution in [2.45, 2.75) is 89.6 Å². The van der Waals surface area contributed by atoms with Gasteiger partial charge in [-0.15, -0.1) is 0 Å². The van der Waals surface area contributed by atoms with Crippen molar-refractivity contribution in [3.8, 4) is 5.75 Å². The lowest BCUT2D eigenvalue weighted by atomic mass is 9.57. The van der Waals surface area contributed by atoms with Crippen molar-refractivity contribution >= 4 is 23.0 Å². The van der Waals surface area contributed by atoms with Crippen LogP contribution in [0.5, 0.6) is 5.75 Å². The van der Waals surface area contributed by atoms with E-state index >= 15 is 0 Å². The number of likely N-dealkylation sites (N-methyl/N-ethyl adjacent to an activating group) is 1. The quantitative estimate of drug-likeness (QED) is 0.140. The molecule has 4 rings (SSSR count). The molecule has 3 aliphatic carbocycles. The van der Waals surface area contributed by atoms with E-state index in [1.54, 1.807) is 19.0 Å². The molecule has 0 amide bonds. The number of fused-ring (bicyclic) bond motifs is 3. The summed E-state index contributed by atoms with van der Waals surface area (Å²) in [4.78, 5) is 33.5. The molecule has 1 unspecified atom stereocenters. The predicted octanol–water partition coefficient (Wildman–Crippen LogP) is 3.00. The number of aromatic hydroxyl groups is 1. The lowest BCUT2D eigenvalue weighted by Gasteiger charge is -2.51. The molecule has 11 heteroatoms. The summed E-state index contributed by atoms with van der Waals surface area (Å²) in [6.07, 6.45) is 4.92. The van der Waals surface area contributed by atoms with Crippen molar-refractivity contribution in [1.29, 1.82) is 0 Å². The van der Waals surface area contributed by atoms with E-state index < -0.39 is 58.4 Å². The van der Waals surface area contributed by atoms with Gasteiger partial charge >= 0.3 is 0 Å². The summed E-state index contributed by atoms with van der Waals surface area (Å²) >= 11 is 0. The van der Waals surface area contributed by atoms with Crippen molar-refractivity contribution < 1.29 is 35.1 Å². The average Bonchev–Trinajstić information content (AvgIpc) is 2.95. The topological polar surface area (TPSA) is 171 Å². The monoisotopic (exact) mass is 628 g/mol. The van der Waals surface area contributed by atoms with Gasteiger partial charge in [0.1, 0.15) is 23.5 Å². The Morgan fingerprint density at radius 2 is 1.60 bits per heavy atom. The Labute approximate surface area is 266 Å². The largest absolute Gasteiger partial charge is 0.508 e. The van der Waals surface area contributed by atoms with E-state index in [0.717, 1.165) is 57.3 Å². The number of anilines is 1. The van der Waals surface area contributed by atoms with Crippen LogP contribution in [0, 0.1) is 11.8 Å². The molecule has 1 aromatic carbocycles. The number of unbranched alkanes of at least 4 members (excludes halogenated alkanes) is 4. The van der Waals surface area contributed by atoms with Crippen molar-refractivity contribution in [3.05, 3.63) is 39.7 Å². The molecular weight excluding hydrogens is 576 g/mol. The number of nitrogens with zero attached hydrogens (tertiary/aromatic N) is 3. The Bertz CT molecular complexity index is 1360. The van der Waals surface area contributed by atoms with Crippen molar-refractivity contribution in [2.24, 2.45) is 17.6 Å². The number of Topliss-reactive ketones (excluding diaryl/α,β-unsaturated/α-hetero) is 2. The fraction of sp³-hybridized carbons (Fsp3) is 0.647. The van der Waals surface area contributed by atoms with Crippen LogP contribution in [0.25, 0.3) is 5.76 Å². The average molecular weight is 629 g/mol. The van der Waals surface area contributed by atoms with E-state index in [1.807, 2.05) is 25.1 Å². The molecule has 0 saturated heterocycles. The van der Waals surface area contributed by atoms with Crippen LogP contribution in [-0.4, -0.2) is 106 Å². The lowest BCUT2D eigenvalue weighted by Crippen LogP contribution is -2.66. The maximum atomic E-state index is 14.3. The zero-order valence-electron chi connectivity index (χ0n) is 27.6. The molecule has 0 heterocycles. The number of phenolic OH excluding ortho intramolecular Hbond substituents is 1. The van der Waals surface area contributed by atoms with Gasteiger partial charge in [-0.1, -0.05) is 39.5 Å². The molecule has 0 bridgehead atoms. The second-order valence-corrected chi connectivity index (χ2v) is 13.4. The van der Waals surface area contributed by atoms with Gasteiger partial charge in [0.25, 0.3) is 0 Å². The van der Waals surface area contributed by atoms with Crippen LogP contribution in [0.1, 0.15) is 75.5 Å². The summed E-state index contributed by atoms with van der Waals surface area (Å²) in [5.41, 5.74) is 4.57. The van der Waals surface area contributed by atoms with E-state index in [-0.39, 0.29) is 29.7 Å². The Morgan fingerprint density at radius 3 is 2.11 bits per heavy atom. The first-order valence-corrected chi connectivity index (χ1v) is 16.3. The fourth-order valence-corrected chi connectivity index (χ4v) is 7.62. The standard InChI is InChI=1S/C34H52N4O7/c1-7-9-11-13-38(14-12-10-8-2)18-20-17-23(36(3)4)21-15-19-16-22-27(37(5)6)30(41)26(33(35)44)32(43)34(22,45)31(42)24(19)29(40)25(21)28(20)39/h17,19,22,27,33,39-40,43-45H,7-16,18,35H2,1-6H3/t19-,22-,27-,33?,34-/m0/s1. The van der Waals surface area contributed by atoms with Gasteiger partial charge in [-0.25, -0.2) is 0 Å². The SMILES string of the molecule is CCCCCN(CCCCC)Cc1cc(N(C)C)c2c(c1O)C(O)=C1C(=O)[C@]3(O)C(O)=C(C(N)O)C(=O)[C@@H](N(C)C)[C@@H]3C[C@@H]1C2. The number of hydrogen-bond acceptors (Lipinski definition) is 11. The third kappa shape index (κ3) is 6.13. The van der Waals surface area contributed by atoms with Gasteiger partial charge in [-0.3, -0.25) is 19.4 Å². The summed E-state index contributed by atoms with van der Waals surface area (Å²) in [7, 11) is 7.02. The number of benzene rings is 1. The minimum absolute atomic E-state index is 0.0890. The van der Waals surface area contributed by atoms with E-state index in [0.29, 0.717) is 17.7 Å². The highest BCUT2D eigenvalue weighted by atomic mass is 16.4. The highest BCUT2D eigenvalue weighted by Crippen LogP contribution is 2.54. The van der Waals surface area contributed by atoms with Gasteiger partial charge in [0.2, 0.25) is 5.78 Å². The molecule has 1 fully saturated rings. The molecule has 0 radical (unpaired) electrons. The summed E-state index contributed by atoms with van der Waals surface area (Å²) in [5.74, 6) is -4.81. The van der Waals surface area contributed by atoms with Crippen molar-refractivity contribution in [1.82, 2.24) is 9.80 Å². The minimum Gasteiger partial charge on any atom is -0.508 e. The first-order chi connectivity index (χ1) is 21.2. The van der Waals surface area contributed by atoms with E-state index in [9.17, 15) is 35.1 Å². The second-order valence-electron chi connectivity index (χ2n) is 13.4. The molecule has 7 N–H and O–H groups in total. The molecule has 45 heavy (non-hydrogen) atoms. The zero-order valence-corrected chi connectivity index (χ0v) is 27.6. The smallest absolute Gasteiger partial charge is 0.202 e. The lowest BCUT2D eigenvalue weighted by molar-refractivity contribution is -0.154. The van der Waals surface area contributed by atoms with E-state index in [2.05, 4.69) is 18.7 Å². The summed E-state index contributed by atoms with van der Waals surface area (Å²) in [6.45, 7) is 6.54. The highest BCUT2D eigenvalue weighted by Gasteiger charge is 2.64. The number of carbonyl (C=O) groups excluding carboxylic acids is 2.